The van der Waals surface area contributed by atoms with Gasteiger partial charge in [-0.15, -0.1) is 0 Å². The number of ether oxygens (including phenoxy) is 2. The fraction of sp³-hybridized carbons (Fsp3) is 0.308. The smallest absolute Gasteiger partial charge is 0.249 e. The molecule has 0 saturated heterocycles. The van der Waals surface area contributed by atoms with E-state index in [1.165, 1.54) is 6.33 Å². The molecule has 0 spiro atoms. The maximum Gasteiger partial charge on any atom is 0.249 e. The second-order valence-corrected chi connectivity index (χ2v) is 4.25. The van der Waals surface area contributed by atoms with E-state index in [4.69, 9.17) is 15.2 Å². The lowest BCUT2D eigenvalue weighted by Gasteiger charge is -2.13. The van der Waals surface area contributed by atoms with Gasteiger partial charge in [-0.1, -0.05) is 0 Å². The Morgan fingerprint density at radius 1 is 1.16 bits per heavy atom. The first-order valence-electron chi connectivity index (χ1n) is 5.94. The molecule has 6 nitrogen and oxygen atoms in total. The minimum absolute atomic E-state index is 0.0230. The van der Waals surface area contributed by atoms with E-state index < -0.39 is 0 Å². The van der Waals surface area contributed by atoms with Crippen LogP contribution in [0, 0.1) is 6.92 Å². The Labute approximate surface area is 111 Å². The predicted octanol–water partition coefficient (Wildman–Crippen LogP) is 2.34. The summed E-state index contributed by atoms with van der Waals surface area (Å²) in [5.74, 6) is 1.19. The van der Waals surface area contributed by atoms with E-state index >= 15 is 0 Å². The van der Waals surface area contributed by atoms with E-state index in [-0.39, 0.29) is 17.7 Å². The van der Waals surface area contributed by atoms with E-state index in [0.29, 0.717) is 11.6 Å². The molecule has 0 aliphatic heterocycles. The maximum atomic E-state index is 5.93. The third-order valence-corrected chi connectivity index (χ3v) is 2.32. The van der Waals surface area contributed by atoms with Crippen LogP contribution in [-0.4, -0.2) is 21.1 Å². The molecule has 6 heteroatoms. The lowest BCUT2D eigenvalue weighted by atomic mass is 10.3. The molecule has 0 fully saturated rings. The van der Waals surface area contributed by atoms with Gasteiger partial charge in [-0.25, -0.2) is 0 Å². The molecule has 0 aliphatic carbocycles. The molecule has 2 heterocycles. The topological polar surface area (TPSA) is 83.2 Å². The first-order valence-corrected chi connectivity index (χ1v) is 5.94. The van der Waals surface area contributed by atoms with Crippen LogP contribution in [0.25, 0.3) is 0 Å². The molecule has 0 amide bonds. The summed E-state index contributed by atoms with van der Waals surface area (Å²) in [5.41, 5.74) is 6.97. The van der Waals surface area contributed by atoms with Crippen LogP contribution >= 0.6 is 0 Å². The molecular formula is C13H16N4O2. The first-order chi connectivity index (χ1) is 9.08. The van der Waals surface area contributed by atoms with Crippen molar-refractivity contribution in [2.75, 3.05) is 5.73 Å². The summed E-state index contributed by atoms with van der Waals surface area (Å²) >= 11 is 0. The molecular weight excluding hydrogens is 244 g/mol. The van der Waals surface area contributed by atoms with Crippen molar-refractivity contribution >= 4 is 5.69 Å². The van der Waals surface area contributed by atoms with Crippen LogP contribution in [0.3, 0.4) is 0 Å². The average Bonchev–Trinajstić information content (AvgIpc) is 2.36. The van der Waals surface area contributed by atoms with E-state index in [0.717, 1.165) is 5.69 Å². The van der Waals surface area contributed by atoms with Crippen molar-refractivity contribution in [1.29, 1.82) is 0 Å². The van der Waals surface area contributed by atoms with Crippen molar-refractivity contribution in [2.24, 2.45) is 0 Å². The van der Waals surface area contributed by atoms with Gasteiger partial charge in [0.05, 0.1) is 11.8 Å². The third-order valence-electron chi connectivity index (χ3n) is 2.32. The third kappa shape index (κ3) is 3.09. The molecule has 2 aromatic heterocycles. The minimum atomic E-state index is -0.0230. The molecule has 0 atom stereocenters. The normalized spacial score (nSPS) is 10.5. The maximum absolute atomic E-state index is 5.93. The molecule has 100 valence electrons. The van der Waals surface area contributed by atoms with Gasteiger partial charge in [0.25, 0.3) is 0 Å². The van der Waals surface area contributed by atoms with Gasteiger partial charge in [0.1, 0.15) is 6.33 Å². The number of pyridine rings is 1. The monoisotopic (exact) mass is 260 g/mol. The van der Waals surface area contributed by atoms with E-state index in [2.05, 4.69) is 15.0 Å². The van der Waals surface area contributed by atoms with Gasteiger partial charge in [-0.2, -0.15) is 9.97 Å². The average molecular weight is 260 g/mol. The number of nitrogens with two attached hydrogens (primary N) is 1. The van der Waals surface area contributed by atoms with Crippen molar-refractivity contribution in [3.05, 3.63) is 30.4 Å². The summed E-state index contributed by atoms with van der Waals surface area (Å²) in [4.78, 5) is 12.1. The SMILES string of the molecule is Cc1ncccc1Oc1ncnc(OC(C)C)c1N. The van der Waals surface area contributed by atoms with E-state index in [1.54, 1.807) is 18.3 Å². The van der Waals surface area contributed by atoms with Crippen LogP contribution < -0.4 is 15.2 Å². The van der Waals surface area contributed by atoms with E-state index in [1.807, 2.05) is 20.8 Å². The number of aromatic nitrogens is 3. The zero-order valence-corrected chi connectivity index (χ0v) is 11.1. The Balaban J connectivity index is 2.28. The fourth-order valence-electron chi connectivity index (χ4n) is 1.44. The molecule has 0 bridgehead atoms. The summed E-state index contributed by atoms with van der Waals surface area (Å²) in [6.45, 7) is 5.64. The van der Waals surface area contributed by atoms with Crippen LogP contribution in [0.1, 0.15) is 19.5 Å². The van der Waals surface area contributed by atoms with Crippen molar-refractivity contribution in [3.63, 3.8) is 0 Å². The lowest BCUT2D eigenvalue weighted by molar-refractivity contribution is 0.232. The van der Waals surface area contributed by atoms with Gasteiger partial charge < -0.3 is 15.2 Å². The molecule has 0 radical (unpaired) electrons. The predicted molar refractivity (Wildman–Crippen MR) is 71.3 cm³/mol. The number of nitrogens with zero attached hydrogens (tertiary/aromatic N) is 3. The number of anilines is 1. The summed E-state index contributed by atoms with van der Waals surface area (Å²) in [7, 11) is 0. The summed E-state index contributed by atoms with van der Waals surface area (Å²) in [5, 5.41) is 0. The van der Waals surface area contributed by atoms with Crippen LogP contribution in [0.15, 0.2) is 24.7 Å². The second kappa shape index (κ2) is 5.51. The van der Waals surface area contributed by atoms with Crippen molar-refractivity contribution in [2.45, 2.75) is 26.9 Å². The quantitative estimate of drug-likeness (QED) is 0.908. The number of nitrogen functional groups attached to an aromatic ring is 1. The highest BCUT2D eigenvalue weighted by molar-refractivity contribution is 5.57. The largest absolute Gasteiger partial charge is 0.473 e. The highest BCUT2D eigenvalue weighted by Gasteiger charge is 2.13. The minimum Gasteiger partial charge on any atom is -0.473 e. The molecule has 0 aliphatic rings. The Kier molecular flexibility index (Phi) is 3.79. The Morgan fingerprint density at radius 2 is 1.89 bits per heavy atom. The van der Waals surface area contributed by atoms with Gasteiger partial charge in [-0.05, 0) is 32.9 Å². The summed E-state index contributed by atoms with van der Waals surface area (Å²) < 4.78 is 11.1. The fourth-order valence-corrected chi connectivity index (χ4v) is 1.44. The van der Waals surface area contributed by atoms with E-state index in [9.17, 15) is 0 Å². The van der Waals surface area contributed by atoms with Gasteiger partial charge in [0.15, 0.2) is 11.4 Å². The lowest BCUT2D eigenvalue weighted by Crippen LogP contribution is -2.10. The van der Waals surface area contributed by atoms with Crippen LogP contribution in [0.4, 0.5) is 5.69 Å². The standard InChI is InChI=1S/C13H16N4O2/c1-8(2)18-12-11(14)13(17-7-16-12)19-10-5-4-6-15-9(10)3/h4-8H,14H2,1-3H3. The molecule has 0 aromatic carbocycles. The molecule has 2 aromatic rings. The summed E-state index contributed by atoms with van der Waals surface area (Å²) in [6, 6.07) is 3.58. The van der Waals surface area contributed by atoms with Crippen LogP contribution in [0.5, 0.6) is 17.5 Å². The molecule has 0 unspecified atom stereocenters. The first kappa shape index (κ1) is 13.1. The van der Waals surface area contributed by atoms with Gasteiger partial charge in [-0.3, -0.25) is 4.98 Å². The molecule has 19 heavy (non-hydrogen) atoms. The molecule has 2 rings (SSSR count). The summed E-state index contributed by atoms with van der Waals surface area (Å²) in [6.07, 6.45) is 3.03. The highest BCUT2D eigenvalue weighted by Crippen LogP contribution is 2.31. The van der Waals surface area contributed by atoms with Gasteiger partial charge in [0.2, 0.25) is 11.8 Å². The zero-order valence-electron chi connectivity index (χ0n) is 11.1. The van der Waals surface area contributed by atoms with Crippen molar-refractivity contribution < 1.29 is 9.47 Å². The van der Waals surface area contributed by atoms with Gasteiger partial charge >= 0.3 is 0 Å². The van der Waals surface area contributed by atoms with Crippen molar-refractivity contribution in [1.82, 2.24) is 15.0 Å². The number of hydrogen-bond acceptors (Lipinski definition) is 6. The number of hydrogen-bond donors (Lipinski definition) is 1. The zero-order chi connectivity index (χ0) is 13.8. The number of aryl methyl sites for hydroxylation is 1. The van der Waals surface area contributed by atoms with Gasteiger partial charge in [0, 0.05) is 6.20 Å². The highest BCUT2D eigenvalue weighted by atomic mass is 16.5. The molecule has 2 N–H and O–H groups in total. The second-order valence-electron chi connectivity index (χ2n) is 4.25. The van der Waals surface area contributed by atoms with Crippen LogP contribution in [-0.2, 0) is 0 Å². The van der Waals surface area contributed by atoms with Crippen LogP contribution in [0.2, 0.25) is 0 Å². The molecule has 0 saturated carbocycles. The Hall–Kier alpha value is -2.37. The Bertz CT molecular complexity index is 572. The number of rotatable bonds is 4. The van der Waals surface area contributed by atoms with Crippen molar-refractivity contribution in [3.8, 4) is 17.5 Å². The Morgan fingerprint density at radius 3 is 2.58 bits per heavy atom.